The fourth-order valence-electron chi connectivity index (χ4n) is 0.582. The third-order valence-electron chi connectivity index (χ3n) is 1.04. The standard InChI is InChI=1S/C6H8N4S/c1-4-5(2-7)10-6(11-4)9-3-8/h2-3,7H,1H3,(H2,8,9,10)/i1D. The number of aromatic nitrogens is 1. The highest BCUT2D eigenvalue weighted by Crippen LogP contribution is 2.22. The summed E-state index contributed by atoms with van der Waals surface area (Å²) in [4.78, 5) is 8.47. The Morgan fingerprint density at radius 3 is 3.18 bits per heavy atom. The van der Waals surface area contributed by atoms with E-state index in [1.807, 2.05) is 0 Å². The highest BCUT2D eigenvalue weighted by atomic mass is 32.1. The molecule has 1 aromatic heterocycles. The summed E-state index contributed by atoms with van der Waals surface area (Å²) in [5, 5.41) is 7.48. The summed E-state index contributed by atoms with van der Waals surface area (Å²) in [5.41, 5.74) is 5.58. The average molecular weight is 169 g/mol. The minimum Gasteiger partial charge on any atom is -0.390 e. The molecule has 0 bridgehead atoms. The Balaban J connectivity index is 3.04. The fourth-order valence-corrected chi connectivity index (χ4v) is 1.27. The van der Waals surface area contributed by atoms with Gasteiger partial charge in [0.2, 0.25) is 5.13 Å². The summed E-state index contributed by atoms with van der Waals surface area (Å²) in [7, 11) is 0. The van der Waals surface area contributed by atoms with Crippen LogP contribution >= 0.6 is 11.3 Å². The molecule has 3 N–H and O–H groups in total. The molecule has 1 heterocycles. The van der Waals surface area contributed by atoms with E-state index in [1.165, 1.54) is 11.3 Å². The van der Waals surface area contributed by atoms with Crippen LogP contribution in [-0.4, -0.2) is 17.5 Å². The first-order valence-electron chi connectivity index (χ1n) is 3.56. The van der Waals surface area contributed by atoms with E-state index in [1.54, 1.807) is 0 Å². The van der Waals surface area contributed by atoms with E-state index in [4.69, 9.17) is 12.5 Å². The van der Waals surface area contributed by atoms with Crippen LogP contribution in [0.25, 0.3) is 0 Å². The van der Waals surface area contributed by atoms with Gasteiger partial charge in [0.05, 0.1) is 12.0 Å². The van der Waals surface area contributed by atoms with Crippen LogP contribution in [0.4, 0.5) is 5.13 Å². The summed E-state index contributed by atoms with van der Waals surface area (Å²) in [6.45, 7) is 0.127. The van der Waals surface area contributed by atoms with Crippen LogP contribution in [0.1, 0.15) is 11.9 Å². The Morgan fingerprint density at radius 1 is 1.91 bits per heavy atom. The summed E-state index contributed by atoms with van der Waals surface area (Å²) >= 11 is 1.28. The molecule has 1 rings (SSSR count). The van der Waals surface area contributed by atoms with Gasteiger partial charge in [0.25, 0.3) is 0 Å². The average Bonchev–Trinajstić information content (AvgIpc) is 2.48. The van der Waals surface area contributed by atoms with Gasteiger partial charge in [0.1, 0.15) is 0 Å². The topological polar surface area (TPSA) is 75.1 Å². The van der Waals surface area contributed by atoms with Crippen LogP contribution in [0, 0.1) is 12.3 Å². The van der Waals surface area contributed by atoms with E-state index < -0.39 is 0 Å². The van der Waals surface area contributed by atoms with Gasteiger partial charge in [-0.2, -0.15) is 0 Å². The lowest BCUT2D eigenvalue weighted by molar-refractivity contribution is 1.30. The molecule has 0 aromatic carbocycles. The molecular formula is C6H8N4S. The molecule has 0 aliphatic carbocycles. The number of aryl methyl sites for hydroxylation is 1. The first-order valence-corrected chi connectivity index (χ1v) is 3.67. The van der Waals surface area contributed by atoms with Crippen molar-refractivity contribution in [2.24, 2.45) is 10.7 Å². The highest BCUT2D eigenvalue weighted by Gasteiger charge is 2.02. The zero-order chi connectivity index (χ0) is 8.97. The molecular weight excluding hydrogens is 160 g/mol. The minimum absolute atomic E-state index is 0.127. The van der Waals surface area contributed by atoms with Crippen LogP contribution in [0.2, 0.25) is 0 Å². The predicted molar refractivity (Wildman–Crippen MR) is 47.1 cm³/mol. The molecule has 0 aliphatic heterocycles. The first kappa shape index (κ1) is 6.48. The number of thiazole rings is 1. The molecule has 0 saturated carbocycles. The summed E-state index contributed by atoms with van der Waals surface area (Å²) in [6, 6.07) is 0. The summed E-state index contributed by atoms with van der Waals surface area (Å²) in [5.74, 6) is 0. The van der Waals surface area contributed by atoms with Gasteiger partial charge < -0.3 is 11.1 Å². The number of rotatable bonds is 2. The van der Waals surface area contributed by atoms with Crippen LogP contribution in [0.5, 0.6) is 0 Å². The molecule has 0 atom stereocenters. The van der Waals surface area contributed by atoms with Crippen molar-refractivity contribution >= 4 is 29.0 Å². The van der Waals surface area contributed by atoms with Crippen LogP contribution in [0.15, 0.2) is 4.99 Å². The quantitative estimate of drug-likeness (QED) is 0.513. The molecule has 4 nitrogen and oxygen atoms in total. The van der Waals surface area contributed by atoms with Gasteiger partial charge in [-0.15, -0.1) is 0 Å². The molecule has 0 spiro atoms. The van der Waals surface area contributed by atoms with Gasteiger partial charge in [0, 0.05) is 12.5 Å². The van der Waals surface area contributed by atoms with Gasteiger partial charge in [-0.1, -0.05) is 11.3 Å². The van der Waals surface area contributed by atoms with Crippen molar-refractivity contribution < 1.29 is 1.37 Å². The second-order valence-corrected chi connectivity index (χ2v) is 2.79. The van der Waals surface area contributed by atoms with E-state index in [0.29, 0.717) is 10.8 Å². The highest BCUT2D eigenvalue weighted by molar-refractivity contribution is 7.15. The first-order chi connectivity index (χ1) is 5.81. The maximum Gasteiger partial charge on any atom is 0.211 e. The monoisotopic (exact) mass is 169 g/mol. The Bertz CT molecular complexity index is 306. The number of nitrogens with zero attached hydrogens (tertiary/aromatic N) is 2. The second-order valence-electron chi connectivity index (χ2n) is 1.73. The molecule has 5 heteroatoms. The molecule has 1 aromatic rings. The van der Waals surface area contributed by atoms with Gasteiger partial charge in [-0.25, -0.2) is 9.98 Å². The van der Waals surface area contributed by atoms with Gasteiger partial charge in [0.15, 0.2) is 0 Å². The SMILES string of the molecule is [2H]Cc1sc(N=CN)nc1C=N. The number of nitrogens with two attached hydrogens (primary N) is 1. The molecule has 0 fully saturated rings. The zero-order valence-corrected chi connectivity index (χ0v) is 6.56. The lowest BCUT2D eigenvalue weighted by Gasteiger charge is -1.79. The molecule has 0 aliphatic rings. The van der Waals surface area contributed by atoms with E-state index in [2.05, 4.69) is 9.98 Å². The van der Waals surface area contributed by atoms with Crippen molar-refractivity contribution in [2.45, 2.75) is 6.90 Å². The molecule has 0 unspecified atom stereocenters. The summed E-state index contributed by atoms with van der Waals surface area (Å²) in [6.07, 6.45) is 2.27. The second kappa shape index (κ2) is 3.25. The Labute approximate surface area is 69.7 Å². The van der Waals surface area contributed by atoms with Crippen molar-refractivity contribution in [3.8, 4) is 0 Å². The van der Waals surface area contributed by atoms with Crippen LogP contribution in [0.3, 0.4) is 0 Å². The fraction of sp³-hybridized carbons (Fsp3) is 0.167. The molecule has 0 amide bonds. The third kappa shape index (κ3) is 1.62. The largest absolute Gasteiger partial charge is 0.390 e. The van der Waals surface area contributed by atoms with Crippen LogP contribution < -0.4 is 5.73 Å². The normalized spacial score (nSPS) is 11.8. The number of hydrogen-bond donors (Lipinski definition) is 2. The Morgan fingerprint density at radius 2 is 2.73 bits per heavy atom. The maximum atomic E-state index is 7.12. The molecule has 58 valence electrons. The zero-order valence-electron chi connectivity index (χ0n) is 6.74. The molecule has 0 radical (unpaired) electrons. The molecule has 0 saturated heterocycles. The summed E-state index contributed by atoms with van der Waals surface area (Å²) < 4.78 is 7.12. The lowest BCUT2D eigenvalue weighted by atomic mass is 10.4. The predicted octanol–water partition coefficient (Wildman–Crippen LogP) is 1.07. The van der Waals surface area contributed by atoms with Crippen molar-refractivity contribution in [1.29, 1.82) is 5.41 Å². The number of nitrogens with one attached hydrogen (secondary N) is 1. The minimum atomic E-state index is 0.127. The van der Waals surface area contributed by atoms with Gasteiger partial charge in [-0.05, 0) is 6.90 Å². The van der Waals surface area contributed by atoms with Crippen molar-refractivity contribution in [3.05, 3.63) is 10.6 Å². The number of aliphatic imine (C=N–C) groups is 1. The maximum absolute atomic E-state index is 7.12. The Kier molecular flexibility index (Phi) is 1.91. The van der Waals surface area contributed by atoms with E-state index in [0.717, 1.165) is 17.4 Å². The van der Waals surface area contributed by atoms with Gasteiger partial charge in [-0.3, -0.25) is 0 Å². The van der Waals surface area contributed by atoms with Crippen molar-refractivity contribution in [3.63, 3.8) is 0 Å². The van der Waals surface area contributed by atoms with E-state index >= 15 is 0 Å². The third-order valence-corrected chi connectivity index (χ3v) is 1.87. The van der Waals surface area contributed by atoms with E-state index in [-0.39, 0.29) is 6.90 Å². The van der Waals surface area contributed by atoms with Crippen molar-refractivity contribution in [1.82, 2.24) is 4.98 Å². The van der Waals surface area contributed by atoms with E-state index in [9.17, 15) is 0 Å². The lowest BCUT2D eigenvalue weighted by Crippen LogP contribution is -1.86. The number of hydrogen-bond acceptors (Lipinski definition) is 4. The molecule has 11 heavy (non-hydrogen) atoms. The van der Waals surface area contributed by atoms with Gasteiger partial charge >= 0.3 is 0 Å². The van der Waals surface area contributed by atoms with Crippen LogP contribution in [-0.2, 0) is 0 Å². The smallest absolute Gasteiger partial charge is 0.211 e. The Hall–Kier alpha value is -1.23. The van der Waals surface area contributed by atoms with Crippen molar-refractivity contribution in [2.75, 3.05) is 0 Å².